The summed E-state index contributed by atoms with van der Waals surface area (Å²) in [6, 6.07) is 4.00. The minimum atomic E-state index is -1.32. The molecule has 2 amide bonds. The Hall–Kier alpha value is -2.37. The van der Waals surface area contributed by atoms with Crippen molar-refractivity contribution in [1.29, 1.82) is 0 Å². The van der Waals surface area contributed by atoms with Gasteiger partial charge >= 0.3 is 5.97 Å². The molecular formula is C13H16N2O4. The average Bonchev–Trinajstić information content (AvgIpc) is 2.27. The van der Waals surface area contributed by atoms with E-state index in [4.69, 9.17) is 10.8 Å². The molecule has 1 atom stereocenters. The maximum atomic E-state index is 12.1. The first-order valence-electron chi connectivity index (χ1n) is 5.71. The van der Waals surface area contributed by atoms with Crippen LogP contribution in [-0.2, 0) is 9.59 Å². The van der Waals surface area contributed by atoms with Gasteiger partial charge in [-0.3, -0.25) is 9.59 Å². The lowest BCUT2D eigenvalue weighted by Crippen LogP contribution is -2.43. The molecule has 0 radical (unpaired) electrons. The molecule has 0 aliphatic carbocycles. The van der Waals surface area contributed by atoms with Crippen LogP contribution in [0, 0.1) is 13.8 Å². The van der Waals surface area contributed by atoms with Crippen LogP contribution in [-0.4, -0.2) is 28.9 Å². The van der Waals surface area contributed by atoms with E-state index in [0.29, 0.717) is 5.56 Å². The van der Waals surface area contributed by atoms with Gasteiger partial charge in [-0.1, -0.05) is 18.2 Å². The Bertz CT molecular complexity index is 505. The zero-order chi connectivity index (χ0) is 14.6. The maximum Gasteiger partial charge on any atom is 0.326 e. The van der Waals surface area contributed by atoms with Gasteiger partial charge < -0.3 is 16.2 Å². The van der Waals surface area contributed by atoms with E-state index in [2.05, 4.69) is 5.32 Å². The quantitative estimate of drug-likeness (QED) is 0.713. The van der Waals surface area contributed by atoms with Gasteiger partial charge in [-0.15, -0.1) is 0 Å². The summed E-state index contributed by atoms with van der Waals surface area (Å²) in [5.41, 5.74) is 6.84. The molecule has 6 nitrogen and oxygen atoms in total. The molecule has 0 fully saturated rings. The molecule has 0 saturated carbocycles. The van der Waals surface area contributed by atoms with E-state index < -0.39 is 30.2 Å². The second-order valence-corrected chi connectivity index (χ2v) is 4.30. The summed E-state index contributed by atoms with van der Waals surface area (Å²) in [5.74, 6) is -2.60. The van der Waals surface area contributed by atoms with Crippen molar-refractivity contribution < 1.29 is 19.5 Å². The van der Waals surface area contributed by atoms with Crippen LogP contribution in [0.25, 0.3) is 0 Å². The summed E-state index contributed by atoms with van der Waals surface area (Å²) in [4.78, 5) is 33.8. The molecular weight excluding hydrogens is 248 g/mol. The molecule has 4 N–H and O–H groups in total. The van der Waals surface area contributed by atoms with E-state index in [1.54, 1.807) is 32.0 Å². The Labute approximate surface area is 110 Å². The molecule has 1 aromatic carbocycles. The molecule has 6 heteroatoms. The number of carbonyl (C=O) groups excluding carboxylic acids is 2. The summed E-state index contributed by atoms with van der Waals surface area (Å²) in [6.45, 7) is 3.51. The number of hydrogen-bond donors (Lipinski definition) is 3. The van der Waals surface area contributed by atoms with E-state index in [0.717, 1.165) is 11.1 Å². The third kappa shape index (κ3) is 3.80. The fourth-order valence-electron chi connectivity index (χ4n) is 1.80. The summed E-state index contributed by atoms with van der Waals surface area (Å²) < 4.78 is 0. The van der Waals surface area contributed by atoms with Gasteiger partial charge in [-0.2, -0.15) is 0 Å². The zero-order valence-corrected chi connectivity index (χ0v) is 10.8. The van der Waals surface area contributed by atoms with Crippen LogP contribution in [0.2, 0.25) is 0 Å². The van der Waals surface area contributed by atoms with E-state index in [1.165, 1.54) is 0 Å². The molecule has 0 aliphatic rings. The van der Waals surface area contributed by atoms with Crippen molar-refractivity contribution in [1.82, 2.24) is 5.32 Å². The number of carboxylic acid groups (broad SMARTS) is 1. The van der Waals surface area contributed by atoms with Gasteiger partial charge in [0.25, 0.3) is 5.91 Å². The smallest absolute Gasteiger partial charge is 0.326 e. The number of hydrogen-bond acceptors (Lipinski definition) is 3. The summed E-state index contributed by atoms with van der Waals surface area (Å²) in [7, 11) is 0. The van der Waals surface area contributed by atoms with Gasteiger partial charge in [0, 0.05) is 5.56 Å². The number of aliphatic carboxylic acids is 1. The zero-order valence-electron chi connectivity index (χ0n) is 10.8. The molecule has 102 valence electrons. The van der Waals surface area contributed by atoms with Gasteiger partial charge in [0.2, 0.25) is 5.91 Å². The van der Waals surface area contributed by atoms with Crippen LogP contribution in [0.15, 0.2) is 18.2 Å². The van der Waals surface area contributed by atoms with Crippen LogP contribution in [0.1, 0.15) is 27.9 Å². The third-order valence-corrected chi connectivity index (χ3v) is 2.72. The Morgan fingerprint density at radius 3 is 2.21 bits per heavy atom. The standard InChI is InChI=1S/C13H16N2O4/c1-7-4-3-5-8(2)11(7)12(17)15-9(13(18)19)6-10(14)16/h3-5,9H,6H2,1-2H3,(H2,14,16)(H,15,17)(H,18,19)/t9-/m1/s1. The van der Waals surface area contributed by atoms with Crippen LogP contribution >= 0.6 is 0 Å². The normalized spacial score (nSPS) is 11.7. The summed E-state index contributed by atoms with van der Waals surface area (Å²) >= 11 is 0. The lowest BCUT2D eigenvalue weighted by Gasteiger charge is -2.15. The summed E-state index contributed by atoms with van der Waals surface area (Å²) in [5, 5.41) is 11.2. The Balaban J connectivity index is 2.94. The minimum absolute atomic E-state index is 0.415. The number of nitrogens with one attached hydrogen (secondary N) is 1. The molecule has 19 heavy (non-hydrogen) atoms. The molecule has 0 aromatic heterocycles. The SMILES string of the molecule is Cc1cccc(C)c1C(=O)N[C@H](CC(N)=O)C(=O)O. The number of carbonyl (C=O) groups is 3. The highest BCUT2D eigenvalue weighted by molar-refractivity contribution is 5.99. The maximum absolute atomic E-state index is 12.1. The fraction of sp³-hybridized carbons (Fsp3) is 0.308. The molecule has 1 rings (SSSR count). The van der Waals surface area contributed by atoms with Crippen molar-refractivity contribution >= 4 is 17.8 Å². The van der Waals surface area contributed by atoms with Crippen molar-refractivity contribution in [3.63, 3.8) is 0 Å². The second kappa shape index (κ2) is 5.99. The van der Waals surface area contributed by atoms with Crippen molar-refractivity contribution in [3.8, 4) is 0 Å². The van der Waals surface area contributed by atoms with Crippen molar-refractivity contribution in [2.45, 2.75) is 26.3 Å². The lowest BCUT2D eigenvalue weighted by atomic mass is 10.0. The van der Waals surface area contributed by atoms with Crippen LogP contribution < -0.4 is 11.1 Å². The van der Waals surface area contributed by atoms with Crippen molar-refractivity contribution in [2.75, 3.05) is 0 Å². The van der Waals surface area contributed by atoms with Crippen LogP contribution in [0.4, 0.5) is 0 Å². The van der Waals surface area contributed by atoms with E-state index in [-0.39, 0.29) is 0 Å². The number of aryl methyl sites for hydroxylation is 2. The van der Waals surface area contributed by atoms with Gasteiger partial charge in [0.1, 0.15) is 6.04 Å². The molecule has 0 spiro atoms. The molecule has 0 unspecified atom stereocenters. The molecule has 1 aromatic rings. The van der Waals surface area contributed by atoms with Gasteiger partial charge in [-0.25, -0.2) is 4.79 Å². The molecule has 0 bridgehead atoms. The number of rotatable bonds is 5. The monoisotopic (exact) mass is 264 g/mol. The van der Waals surface area contributed by atoms with Crippen molar-refractivity contribution in [3.05, 3.63) is 34.9 Å². The Morgan fingerprint density at radius 2 is 1.79 bits per heavy atom. The van der Waals surface area contributed by atoms with E-state index in [1.807, 2.05) is 0 Å². The second-order valence-electron chi connectivity index (χ2n) is 4.30. The first kappa shape index (κ1) is 14.7. The third-order valence-electron chi connectivity index (χ3n) is 2.72. The predicted octanol–water partition coefficient (Wildman–Crippen LogP) is 0.362. The van der Waals surface area contributed by atoms with Crippen LogP contribution in [0.5, 0.6) is 0 Å². The van der Waals surface area contributed by atoms with Gasteiger partial charge in [0.05, 0.1) is 6.42 Å². The van der Waals surface area contributed by atoms with E-state index >= 15 is 0 Å². The number of nitrogens with two attached hydrogens (primary N) is 1. The minimum Gasteiger partial charge on any atom is -0.480 e. The largest absolute Gasteiger partial charge is 0.480 e. The lowest BCUT2D eigenvalue weighted by molar-refractivity contribution is -0.140. The topological polar surface area (TPSA) is 109 Å². The molecule has 0 heterocycles. The molecule has 0 saturated heterocycles. The Morgan fingerprint density at radius 1 is 1.26 bits per heavy atom. The number of primary amides is 1. The highest BCUT2D eigenvalue weighted by atomic mass is 16.4. The highest BCUT2D eigenvalue weighted by Crippen LogP contribution is 2.13. The number of amides is 2. The van der Waals surface area contributed by atoms with Gasteiger partial charge in [-0.05, 0) is 25.0 Å². The first-order valence-corrected chi connectivity index (χ1v) is 5.71. The van der Waals surface area contributed by atoms with E-state index in [9.17, 15) is 14.4 Å². The molecule has 0 aliphatic heterocycles. The predicted molar refractivity (Wildman–Crippen MR) is 68.6 cm³/mol. The fourth-order valence-corrected chi connectivity index (χ4v) is 1.80. The van der Waals surface area contributed by atoms with Crippen LogP contribution in [0.3, 0.4) is 0 Å². The van der Waals surface area contributed by atoms with Crippen molar-refractivity contribution in [2.24, 2.45) is 5.73 Å². The Kier molecular flexibility index (Phi) is 4.63. The number of carboxylic acids is 1. The summed E-state index contributed by atoms with van der Waals surface area (Å²) in [6.07, 6.45) is -0.438. The first-order chi connectivity index (χ1) is 8.82. The number of benzene rings is 1. The highest BCUT2D eigenvalue weighted by Gasteiger charge is 2.23. The van der Waals surface area contributed by atoms with Gasteiger partial charge in [0.15, 0.2) is 0 Å². The average molecular weight is 264 g/mol.